The molecule has 0 radical (unpaired) electrons. The first kappa shape index (κ1) is 12.5. The fraction of sp³-hybridized carbons (Fsp3) is 0.133. The van der Waals surface area contributed by atoms with E-state index in [1.165, 1.54) is 24.3 Å². The summed E-state index contributed by atoms with van der Waals surface area (Å²) in [5, 5.41) is 8.37. The molecule has 0 saturated carbocycles. The molecule has 0 spiro atoms. The van der Waals surface area contributed by atoms with Crippen molar-refractivity contribution in [1.82, 2.24) is 10.2 Å². The van der Waals surface area contributed by atoms with Crippen LogP contribution in [-0.4, -0.2) is 16.0 Å². The molecule has 0 aliphatic carbocycles. The minimum Gasteiger partial charge on any atom is -0.453 e. The molecule has 0 aliphatic rings. The molecule has 2 heterocycles. The molecule has 0 N–H and O–H groups in total. The fourth-order valence-corrected chi connectivity index (χ4v) is 2.04. The van der Waals surface area contributed by atoms with Gasteiger partial charge in [-0.25, -0.2) is 4.39 Å². The number of aromatic nitrogens is 2. The van der Waals surface area contributed by atoms with E-state index in [4.69, 9.17) is 4.42 Å². The summed E-state index contributed by atoms with van der Waals surface area (Å²) in [7, 11) is 0. The van der Waals surface area contributed by atoms with E-state index < -0.39 is 0 Å². The van der Waals surface area contributed by atoms with Gasteiger partial charge in [-0.1, -0.05) is 0 Å². The fourth-order valence-electron chi connectivity index (χ4n) is 2.04. The van der Waals surface area contributed by atoms with Gasteiger partial charge in [0.2, 0.25) is 5.78 Å². The Balaban J connectivity index is 2.10. The lowest BCUT2D eigenvalue weighted by Crippen LogP contribution is -2.06. The van der Waals surface area contributed by atoms with E-state index in [1.807, 2.05) is 0 Å². The Bertz CT molecular complexity index is 824. The normalized spacial score (nSPS) is 10.9. The predicted molar refractivity (Wildman–Crippen MR) is 71.1 cm³/mol. The molecular weight excluding hydrogens is 259 g/mol. The zero-order valence-corrected chi connectivity index (χ0v) is 11.0. The summed E-state index contributed by atoms with van der Waals surface area (Å²) in [6.45, 7) is 3.47. The average molecular weight is 270 g/mol. The van der Waals surface area contributed by atoms with Crippen LogP contribution >= 0.6 is 0 Å². The highest BCUT2D eigenvalue weighted by Crippen LogP contribution is 2.23. The van der Waals surface area contributed by atoms with Crippen LogP contribution in [0.5, 0.6) is 0 Å². The number of furan rings is 1. The van der Waals surface area contributed by atoms with E-state index in [1.54, 1.807) is 19.9 Å². The van der Waals surface area contributed by atoms with Crippen LogP contribution in [0.4, 0.5) is 4.39 Å². The maximum atomic E-state index is 13.1. The standard InChI is InChI=1S/C15H11FN2O2/c1-8-5-12(9(2)18-17-8)15(19)14-7-10-6-11(16)3-4-13(10)20-14/h3-7H,1-2H3. The molecule has 5 heteroatoms. The second-order valence-electron chi connectivity index (χ2n) is 4.61. The quantitative estimate of drug-likeness (QED) is 0.671. The van der Waals surface area contributed by atoms with Gasteiger partial charge in [0.05, 0.1) is 17.0 Å². The summed E-state index contributed by atoms with van der Waals surface area (Å²) in [5.74, 6) is -0.479. The van der Waals surface area contributed by atoms with E-state index in [9.17, 15) is 9.18 Å². The van der Waals surface area contributed by atoms with Crippen LogP contribution in [-0.2, 0) is 0 Å². The first-order valence-electron chi connectivity index (χ1n) is 6.09. The Kier molecular flexibility index (Phi) is 2.82. The number of hydrogen-bond donors (Lipinski definition) is 0. The van der Waals surface area contributed by atoms with Crippen LogP contribution < -0.4 is 0 Å². The Morgan fingerprint density at radius 3 is 2.75 bits per heavy atom. The molecule has 0 aliphatic heterocycles. The topological polar surface area (TPSA) is 56.0 Å². The van der Waals surface area contributed by atoms with Crippen molar-refractivity contribution in [3.63, 3.8) is 0 Å². The lowest BCUT2D eigenvalue weighted by atomic mass is 10.1. The van der Waals surface area contributed by atoms with Gasteiger partial charge in [-0.05, 0) is 44.2 Å². The molecule has 2 aromatic heterocycles. The van der Waals surface area contributed by atoms with Crippen LogP contribution in [0, 0.1) is 19.7 Å². The van der Waals surface area contributed by atoms with Crippen molar-refractivity contribution in [2.24, 2.45) is 0 Å². The van der Waals surface area contributed by atoms with E-state index in [0.29, 0.717) is 27.9 Å². The average Bonchev–Trinajstić information content (AvgIpc) is 2.83. The van der Waals surface area contributed by atoms with Gasteiger partial charge < -0.3 is 4.42 Å². The lowest BCUT2D eigenvalue weighted by Gasteiger charge is -2.01. The number of rotatable bonds is 2. The number of aryl methyl sites for hydroxylation is 2. The zero-order chi connectivity index (χ0) is 14.3. The summed E-state index contributed by atoms with van der Waals surface area (Å²) >= 11 is 0. The Labute approximate surface area is 114 Å². The number of hydrogen-bond acceptors (Lipinski definition) is 4. The molecule has 4 nitrogen and oxygen atoms in total. The van der Waals surface area contributed by atoms with Gasteiger partial charge in [0.25, 0.3) is 0 Å². The van der Waals surface area contributed by atoms with Crippen molar-refractivity contribution in [2.75, 3.05) is 0 Å². The number of fused-ring (bicyclic) bond motifs is 1. The number of nitrogens with zero attached hydrogens (tertiary/aromatic N) is 2. The molecule has 1 aromatic carbocycles. The number of carbonyl (C=O) groups is 1. The second-order valence-corrected chi connectivity index (χ2v) is 4.61. The van der Waals surface area contributed by atoms with Crippen molar-refractivity contribution in [3.05, 3.63) is 58.9 Å². The highest BCUT2D eigenvalue weighted by atomic mass is 19.1. The van der Waals surface area contributed by atoms with Crippen LogP contribution in [0.1, 0.15) is 27.5 Å². The molecule has 0 unspecified atom stereocenters. The summed E-state index contributed by atoms with van der Waals surface area (Å²) in [6, 6.07) is 7.33. The molecule has 20 heavy (non-hydrogen) atoms. The zero-order valence-electron chi connectivity index (χ0n) is 11.0. The minimum atomic E-state index is -0.366. The number of carbonyl (C=O) groups excluding carboxylic acids is 1. The van der Waals surface area contributed by atoms with Crippen molar-refractivity contribution in [2.45, 2.75) is 13.8 Å². The van der Waals surface area contributed by atoms with Gasteiger partial charge >= 0.3 is 0 Å². The molecule has 0 atom stereocenters. The first-order valence-corrected chi connectivity index (χ1v) is 6.09. The van der Waals surface area contributed by atoms with E-state index in [-0.39, 0.29) is 17.4 Å². The summed E-state index contributed by atoms with van der Waals surface area (Å²) in [5.41, 5.74) is 2.11. The van der Waals surface area contributed by atoms with E-state index in [0.717, 1.165) is 0 Å². The third-order valence-electron chi connectivity index (χ3n) is 3.05. The molecule has 3 aromatic rings. The van der Waals surface area contributed by atoms with E-state index >= 15 is 0 Å². The molecule has 0 saturated heterocycles. The van der Waals surface area contributed by atoms with E-state index in [2.05, 4.69) is 10.2 Å². The Morgan fingerprint density at radius 1 is 1.15 bits per heavy atom. The third-order valence-corrected chi connectivity index (χ3v) is 3.05. The maximum absolute atomic E-state index is 13.1. The minimum absolute atomic E-state index is 0.168. The molecule has 0 amide bonds. The number of benzene rings is 1. The second kappa shape index (κ2) is 4.52. The van der Waals surface area contributed by atoms with Crippen molar-refractivity contribution in [1.29, 1.82) is 0 Å². The van der Waals surface area contributed by atoms with Gasteiger partial charge in [0, 0.05) is 5.39 Å². The van der Waals surface area contributed by atoms with Crippen LogP contribution in [0.25, 0.3) is 11.0 Å². The van der Waals surface area contributed by atoms with Gasteiger partial charge in [0.15, 0.2) is 5.76 Å². The Hall–Kier alpha value is -2.56. The van der Waals surface area contributed by atoms with Gasteiger partial charge in [-0.15, -0.1) is 0 Å². The summed E-state index contributed by atoms with van der Waals surface area (Å²) in [4.78, 5) is 12.4. The molecule has 3 rings (SSSR count). The number of ketones is 1. The predicted octanol–water partition coefficient (Wildman–Crippen LogP) is 3.21. The van der Waals surface area contributed by atoms with Crippen molar-refractivity contribution >= 4 is 16.8 Å². The smallest absolute Gasteiger partial charge is 0.230 e. The summed E-state index contributed by atoms with van der Waals surface area (Å²) < 4.78 is 18.6. The third kappa shape index (κ3) is 2.07. The highest BCUT2D eigenvalue weighted by Gasteiger charge is 2.18. The SMILES string of the molecule is Cc1cc(C(=O)c2cc3cc(F)ccc3o2)c(C)nn1. The molecular formula is C15H11FN2O2. The maximum Gasteiger partial charge on any atom is 0.230 e. The molecule has 0 bridgehead atoms. The van der Waals surface area contributed by atoms with Crippen LogP contribution in [0.2, 0.25) is 0 Å². The van der Waals surface area contributed by atoms with Gasteiger partial charge in [0.1, 0.15) is 11.4 Å². The number of halogens is 1. The highest BCUT2D eigenvalue weighted by molar-refractivity contribution is 6.09. The van der Waals surface area contributed by atoms with Gasteiger partial charge in [-0.3, -0.25) is 4.79 Å². The molecule has 0 fully saturated rings. The van der Waals surface area contributed by atoms with Crippen LogP contribution in [0.3, 0.4) is 0 Å². The summed E-state index contributed by atoms with van der Waals surface area (Å²) in [6.07, 6.45) is 0. The first-order chi connectivity index (χ1) is 9.54. The van der Waals surface area contributed by atoms with Crippen molar-refractivity contribution in [3.8, 4) is 0 Å². The molecule has 100 valence electrons. The monoisotopic (exact) mass is 270 g/mol. The largest absolute Gasteiger partial charge is 0.453 e. The Morgan fingerprint density at radius 2 is 1.95 bits per heavy atom. The van der Waals surface area contributed by atoms with Crippen molar-refractivity contribution < 1.29 is 13.6 Å². The van der Waals surface area contributed by atoms with Crippen LogP contribution in [0.15, 0.2) is 34.7 Å². The lowest BCUT2D eigenvalue weighted by molar-refractivity contribution is 0.101. The van der Waals surface area contributed by atoms with Gasteiger partial charge in [-0.2, -0.15) is 10.2 Å².